The molecule has 1 aliphatic rings. The molecule has 1 amide bonds. The summed E-state index contributed by atoms with van der Waals surface area (Å²) >= 11 is 0. The van der Waals surface area contributed by atoms with Gasteiger partial charge >= 0.3 is 0 Å². The Bertz CT molecular complexity index is 518. The van der Waals surface area contributed by atoms with Crippen LogP contribution in [0.1, 0.15) is 16.8 Å². The van der Waals surface area contributed by atoms with Gasteiger partial charge in [-0.25, -0.2) is 0 Å². The van der Waals surface area contributed by atoms with E-state index < -0.39 is 6.10 Å². The number of rotatable bonds is 4. The molecule has 0 radical (unpaired) electrons. The van der Waals surface area contributed by atoms with E-state index in [2.05, 4.69) is 0 Å². The van der Waals surface area contributed by atoms with Gasteiger partial charge in [0.25, 0.3) is 5.91 Å². The molecule has 0 aliphatic carbocycles. The van der Waals surface area contributed by atoms with Crippen molar-refractivity contribution >= 4 is 5.91 Å². The van der Waals surface area contributed by atoms with Gasteiger partial charge in [-0.05, 0) is 32.6 Å². The molecular weight excluding hydrogens is 272 g/mol. The summed E-state index contributed by atoms with van der Waals surface area (Å²) in [7, 11) is 5.36. The molecule has 0 aromatic heterocycles. The number of amides is 1. The van der Waals surface area contributed by atoms with Gasteiger partial charge in [0.05, 0.1) is 18.8 Å². The highest BCUT2D eigenvalue weighted by Crippen LogP contribution is 2.28. The van der Waals surface area contributed by atoms with Crippen LogP contribution in [0.25, 0.3) is 0 Å². The molecular formula is C15H22N2O4. The second kappa shape index (κ2) is 6.32. The van der Waals surface area contributed by atoms with Gasteiger partial charge in [-0.2, -0.15) is 0 Å². The Morgan fingerprint density at radius 1 is 1.48 bits per heavy atom. The summed E-state index contributed by atoms with van der Waals surface area (Å²) in [6.07, 6.45) is 0.0418. The van der Waals surface area contributed by atoms with Crippen molar-refractivity contribution in [1.29, 1.82) is 0 Å². The third-order valence-electron chi connectivity index (χ3n) is 3.66. The van der Waals surface area contributed by atoms with E-state index >= 15 is 0 Å². The zero-order valence-corrected chi connectivity index (χ0v) is 12.6. The molecule has 1 fully saturated rings. The Kier molecular flexibility index (Phi) is 4.69. The molecule has 21 heavy (non-hydrogen) atoms. The lowest BCUT2D eigenvalue weighted by Gasteiger charge is -2.27. The first-order valence-corrected chi connectivity index (χ1v) is 6.93. The van der Waals surface area contributed by atoms with E-state index in [1.165, 1.54) is 13.2 Å². The van der Waals surface area contributed by atoms with Crippen LogP contribution in [0.15, 0.2) is 18.2 Å². The minimum Gasteiger partial charge on any atom is -0.507 e. The molecule has 1 aliphatic heterocycles. The number of hydrogen-bond acceptors (Lipinski definition) is 5. The number of ether oxygens (including phenoxy) is 1. The van der Waals surface area contributed by atoms with Crippen LogP contribution in [-0.2, 0) is 0 Å². The van der Waals surface area contributed by atoms with Gasteiger partial charge in [0.1, 0.15) is 11.5 Å². The second-order valence-electron chi connectivity index (χ2n) is 5.65. The Labute approximate surface area is 124 Å². The average Bonchev–Trinajstić information content (AvgIpc) is 2.77. The SMILES string of the molecule is COc1ccc(C(=O)N2CC(O)CC2CN(C)C)c(O)c1. The smallest absolute Gasteiger partial charge is 0.257 e. The molecule has 6 heteroatoms. The maximum Gasteiger partial charge on any atom is 0.257 e. The summed E-state index contributed by atoms with van der Waals surface area (Å²) in [5.74, 6) is 0.123. The molecule has 0 saturated carbocycles. The summed E-state index contributed by atoms with van der Waals surface area (Å²) in [4.78, 5) is 16.2. The molecule has 6 nitrogen and oxygen atoms in total. The van der Waals surface area contributed by atoms with E-state index in [-0.39, 0.29) is 23.3 Å². The Balaban J connectivity index is 2.21. The molecule has 2 N–H and O–H groups in total. The molecule has 2 rings (SSSR count). The molecule has 116 valence electrons. The van der Waals surface area contributed by atoms with Crippen LogP contribution in [0.4, 0.5) is 0 Å². The van der Waals surface area contributed by atoms with Gasteiger partial charge < -0.3 is 24.7 Å². The number of carbonyl (C=O) groups is 1. The number of aliphatic hydroxyl groups excluding tert-OH is 1. The molecule has 1 saturated heterocycles. The Hall–Kier alpha value is -1.79. The number of likely N-dealkylation sites (tertiary alicyclic amines) is 1. The monoisotopic (exact) mass is 294 g/mol. The van der Waals surface area contributed by atoms with Gasteiger partial charge in [0.15, 0.2) is 0 Å². The number of nitrogens with zero attached hydrogens (tertiary/aromatic N) is 2. The second-order valence-corrected chi connectivity index (χ2v) is 5.65. The number of phenols is 1. The van der Waals surface area contributed by atoms with Crippen LogP contribution in [0.2, 0.25) is 0 Å². The third-order valence-corrected chi connectivity index (χ3v) is 3.66. The van der Waals surface area contributed by atoms with Crippen LogP contribution in [0.5, 0.6) is 11.5 Å². The normalized spacial score (nSPS) is 21.9. The number of methoxy groups -OCH3 is 1. The number of aromatic hydroxyl groups is 1. The number of carbonyl (C=O) groups excluding carboxylic acids is 1. The Morgan fingerprint density at radius 2 is 2.19 bits per heavy atom. The van der Waals surface area contributed by atoms with Crippen LogP contribution < -0.4 is 4.74 Å². The van der Waals surface area contributed by atoms with Crippen molar-refractivity contribution in [2.24, 2.45) is 0 Å². The van der Waals surface area contributed by atoms with Gasteiger partial charge in [0.2, 0.25) is 0 Å². The van der Waals surface area contributed by atoms with E-state index in [1.54, 1.807) is 17.0 Å². The van der Waals surface area contributed by atoms with E-state index in [4.69, 9.17) is 4.74 Å². The summed E-state index contributed by atoms with van der Waals surface area (Å²) in [5.41, 5.74) is 0.230. The lowest BCUT2D eigenvalue weighted by Crippen LogP contribution is -2.41. The number of β-amino-alcohol motifs (C(OH)–C–C–N with tert-alkyl or cyclic N) is 1. The Morgan fingerprint density at radius 3 is 2.76 bits per heavy atom. The first-order chi connectivity index (χ1) is 9.92. The summed E-state index contributed by atoms with van der Waals surface area (Å²) in [6.45, 7) is 0.975. The van der Waals surface area contributed by atoms with Crippen molar-refractivity contribution in [2.45, 2.75) is 18.6 Å². The third kappa shape index (κ3) is 3.46. The average molecular weight is 294 g/mol. The number of phenolic OH excluding ortho intramolecular Hbond substituents is 1. The quantitative estimate of drug-likeness (QED) is 0.848. The summed E-state index contributed by atoms with van der Waals surface area (Å²) in [6, 6.07) is 4.55. The highest BCUT2D eigenvalue weighted by Gasteiger charge is 2.35. The summed E-state index contributed by atoms with van der Waals surface area (Å²) in [5, 5.41) is 19.8. The molecule has 2 unspecified atom stereocenters. The van der Waals surface area contributed by atoms with Crippen LogP contribution in [0.3, 0.4) is 0 Å². The molecule has 0 spiro atoms. The van der Waals surface area contributed by atoms with E-state index in [0.717, 1.165) is 0 Å². The number of hydrogen-bond donors (Lipinski definition) is 2. The van der Waals surface area contributed by atoms with Crippen molar-refractivity contribution in [3.63, 3.8) is 0 Å². The van der Waals surface area contributed by atoms with E-state index in [1.807, 2.05) is 19.0 Å². The minimum absolute atomic E-state index is 0.0519. The molecule has 1 heterocycles. The van der Waals surface area contributed by atoms with Crippen molar-refractivity contribution in [2.75, 3.05) is 34.3 Å². The van der Waals surface area contributed by atoms with Gasteiger partial charge in [-0.1, -0.05) is 0 Å². The lowest BCUT2D eigenvalue weighted by molar-refractivity contribution is 0.0696. The molecule has 2 atom stereocenters. The first kappa shape index (κ1) is 15.6. The largest absolute Gasteiger partial charge is 0.507 e. The highest BCUT2D eigenvalue weighted by atomic mass is 16.5. The zero-order chi connectivity index (χ0) is 15.6. The fourth-order valence-corrected chi connectivity index (χ4v) is 2.71. The maximum atomic E-state index is 12.6. The number of aliphatic hydroxyl groups is 1. The molecule has 1 aromatic carbocycles. The fraction of sp³-hybridized carbons (Fsp3) is 0.533. The van der Waals surface area contributed by atoms with Gasteiger partial charge in [0, 0.05) is 25.2 Å². The van der Waals surface area contributed by atoms with Gasteiger partial charge in [-0.3, -0.25) is 4.79 Å². The standard InChI is InChI=1S/C15H22N2O4/c1-16(2)8-10-6-11(18)9-17(10)15(20)13-5-4-12(21-3)7-14(13)19/h4-5,7,10-11,18-19H,6,8-9H2,1-3H3. The van der Waals surface area contributed by atoms with Crippen molar-refractivity contribution in [1.82, 2.24) is 9.80 Å². The summed E-state index contributed by atoms with van der Waals surface area (Å²) < 4.78 is 5.01. The molecule has 0 bridgehead atoms. The predicted octanol–water partition coefficient (Wildman–Crippen LogP) is 0.538. The van der Waals surface area contributed by atoms with Crippen molar-refractivity contribution < 1.29 is 19.7 Å². The number of likely N-dealkylation sites (N-methyl/N-ethyl adjacent to an activating group) is 1. The van der Waals surface area contributed by atoms with E-state index in [0.29, 0.717) is 25.3 Å². The topological polar surface area (TPSA) is 73.2 Å². The van der Waals surface area contributed by atoms with Crippen molar-refractivity contribution in [3.05, 3.63) is 23.8 Å². The number of benzene rings is 1. The highest BCUT2D eigenvalue weighted by molar-refractivity contribution is 5.97. The van der Waals surface area contributed by atoms with Crippen LogP contribution >= 0.6 is 0 Å². The fourth-order valence-electron chi connectivity index (χ4n) is 2.71. The maximum absolute atomic E-state index is 12.6. The van der Waals surface area contributed by atoms with Crippen LogP contribution in [-0.4, -0.2) is 72.4 Å². The van der Waals surface area contributed by atoms with Gasteiger partial charge in [-0.15, -0.1) is 0 Å². The molecule has 1 aromatic rings. The predicted molar refractivity (Wildman–Crippen MR) is 78.7 cm³/mol. The zero-order valence-electron chi connectivity index (χ0n) is 12.6. The minimum atomic E-state index is -0.515. The lowest BCUT2D eigenvalue weighted by atomic mass is 10.1. The van der Waals surface area contributed by atoms with Crippen LogP contribution in [0, 0.1) is 0 Å². The van der Waals surface area contributed by atoms with Crippen molar-refractivity contribution in [3.8, 4) is 11.5 Å². The van der Waals surface area contributed by atoms with E-state index in [9.17, 15) is 15.0 Å². The first-order valence-electron chi connectivity index (χ1n) is 6.93.